The molecule has 1 heterocycles. The van der Waals surface area contributed by atoms with Crippen LogP contribution in [0.5, 0.6) is 0 Å². The first-order valence-corrected chi connectivity index (χ1v) is 6.56. The van der Waals surface area contributed by atoms with E-state index in [0.717, 1.165) is 0 Å². The van der Waals surface area contributed by atoms with Gasteiger partial charge in [-0.05, 0) is 12.8 Å². The van der Waals surface area contributed by atoms with Crippen LogP contribution in [-0.2, 0) is 11.3 Å². The van der Waals surface area contributed by atoms with Crippen molar-refractivity contribution in [3.05, 3.63) is 17.5 Å². The molecule has 0 bridgehead atoms. The Kier molecular flexibility index (Phi) is 5.80. The Morgan fingerprint density at radius 2 is 2.05 bits per heavy atom. The minimum absolute atomic E-state index is 0.191. The molecular formula is C13H19F2N3O3. The van der Waals surface area contributed by atoms with Gasteiger partial charge in [0.1, 0.15) is 6.04 Å². The van der Waals surface area contributed by atoms with Crippen molar-refractivity contribution in [2.75, 3.05) is 0 Å². The number of amides is 1. The molecule has 0 aliphatic carbocycles. The van der Waals surface area contributed by atoms with Crippen LogP contribution in [0.25, 0.3) is 0 Å². The standard InChI is InChI=1S/C13H19F2N3O3/c1-7(2)6-18-8(3)9(5-16-18)12(19)17-10(13(20)21)4-11(14)15/h5,7,10-11H,4,6H2,1-3H3,(H,17,19)(H,20,21). The maximum Gasteiger partial charge on any atom is 0.326 e. The lowest BCUT2D eigenvalue weighted by atomic mass is 10.1. The van der Waals surface area contributed by atoms with E-state index in [-0.39, 0.29) is 5.56 Å². The molecule has 1 atom stereocenters. The zero-order valence-corrected chi connectivity index (χ0v) is 12.1. The Labute approximate surface area is 121 Å². The number of carbonyl (C=O) groups excluding carboxylic acids is 1. The van der Waals surface area contributed by atoms with Crippen LogP contribution in [0.1, 0.15) is 36.3 Å². The lowest BCUT2D eigenvalue weighted by Crippen LogP contribution is -2.42. The molecule has 1 rings (SSSR count). The van der Waals surface area contributed by atoms with Crippen LogP contribution in [0, 0.1) is 12.8 Å². The molecule has 0 spiro atoms. The number of carboxylic acid groups (broad SMARTS) is 1. The summed E-state index contributed by atoms with van der Waals surface area (Å²) >= 11 is 0. The molecule has 0 saturated heterocycles. The zero-order valence-electron chi connectivity index (χ0n) is 12.1. The Morgan fingerprint density at radius 3 is 2.52 bits per heavy atom. The van der Waals surface area contributed by atoms with Gasteiger partial charge in [-0.15, -0.1) is 0 Å². The minimum Gasteiger partial charge on any atom is -0.480 e. The smallest absolute Gasteiger partial charge is 0.326 e. The summed E-state index contributed by atoms with van der Waals surface area (Å²) in [4.78, 5) is 22.9. The number of alkyl halides is 2. The van der Waals surface area contributed by atoms with Gasteiger partial charge in [-0.2, -0.15) is 5.10 Å². The number of carboxylic acids is 1. The van der Waals surface area contributed by atoms with Gasteiger partial charge in [0.25, 0.3) is 5.91 Å². The van der Waals surface area contributed by atoms with Gasteiger partial charge in [0.05, 0.1) is 11.8 Å². The molecule has 0 saturated carbocycles. The topological polar surface area (TPSA) is 84.2 Å². The van der Waals surface area contributed by atoms with Gasteiger partial charge in [-0.1, -0.05) is 13.8 Å². The van der Waals surface area contributed by atoms with Gasteiger partial charge in [-0.25, -0.2) is 13.6 Å². The van der Waals surface area contributed by atoms with Gasteiger partial charge in [0.2, 0.25) is 6.43 Å². The van der Waals surface area contributed by atoms with E-state index in [1.165, 1.54) is 6.20 Å². The molecule has 0 aromatic carbocycles. The quantitative estimate of drug-likeness (QED) is 0.802. The summed E-state index contributed by atoms with van der Waals surface area (Å²) in [7, 11) is 0. The van der Waals surface area contributed by atoms with Crippen molar-refractivity contribution >= 4 is 11.9 Å². The van der Waals surface area contributed by atoms with Crippen LogP contribution < -0.4 is 5.32 Å². The van der Waals surface area contributed by atoms with E-state index in [4.69, 9.17) is 5.11 Å². The largest absolute Gasteiger partial charge is 0.480 e. The number of rotatable bonds is 7. The maximum absolute atomic E-state index is 12.3. The zero-order chi connectivity index (χ0) is 16.2. The predicted molar refractivity (Wildman–Crippen MR) is 71.3 cm³/mol. The van der Waals surface area contributed by atoms with E-state index in [0.29, 0.717) is 18.2 Å². The van der Waals surface area contributed by atoms with Crippen molar-refractivity contribution in [3.63, 3.8) is 0 Å². The fourth-order valence-electron chi connectivity index (χ4n) is 1.84. The summed E-state index contributed by atoms with van der Waals surface area (Å²) in [5, 5.41) is 15.0. The summed E-state index contributed by atoms with van der Waals surface area (Å²) < 4.78 is 26.2. The van der Waals surface area contributed by atoms with Gasteiger partial charge >= 0.3 is 5.97 Å². The first-order valence-electron chi connectivity index (χ1n) is 6.56. The highest BCUT2D eigenvalue weighted by Crippen LogP contribution is 2.11. The molecule has 1 aromatic rings. The average molecular weight is 303 g/mol. The van der Waals surface area contributed by atoms with Crippen LogP contribution in [0.15, 0.2) is 6.20 Å². The molecule has 8 heteroatoms. The number of nitrogens with zero attached hydrogens (tertiary/aromatic N) is 2. The number of hydrogen-bond donors (Lipinski definition) is 2. The first-order chi connectivity index (χ1) is 9.72. The van der Waals surface area contributed by atoms with Crippen molar-refractivity contribution in [2.24, 2.45) is 5.92 Å². The highest BCUT2D eigenvalue weighted by molar-refractivity contribution is 5.97. The molecule has 1 unspecified atom stereocenters. The Morgan fingerprint density at radius 1 is 1.43 bits per heavy atom. The second kappa shape index (κ2) is 7.14. The fourth-order valence-corrected chi connectivity index (χ4v) is 1.84. The molecule has 1 amide bonds. The predicted octanol–water partition coefficient (Wildman–Crippen LogP) is 1.69. The van der Waals surface area contributed by atoms with Crippen molar-refractivity contribution in [3.8, 4) is 0 Å². The number of aliphatic carboxylic acids is 1. The molecule has 1 aromatic heterocycles. The van der Waals surface area contributed by atoms with Gasteiger partial charge in [-0.3, -0.25) is 9.48 Å². The maximum atomic E-state index is 12.3. The average Bonchev–Trinajstić information content (AvgIpc) is 2.68. The van der Waals surface area contributed by atoms with E-state index in [2.05, 4.69) is 10.4 Å². The number of carbonyl (C=O) groups is 2. The Hall–Kier alpha value is -1.99. The van der Waals surface area contributed by atoms with E-state index in [1.54, 1.807) is 11.6 Å². The van der Waals surface area contributed by atoms with Crippen molar-refractivity contribution in [1.82, 2.24) is 15.1 Å². The Bertz CT molecular complexity index is 515. The van der Waals surface area contributed by atoms with Gasteiger partial charge in [0, 0.05) is 18.7 Å². The molecule has 2 N–H and O–H groups in total. The fraction of sp³-hybridized carbons (Fsp3) is 0.615. The van der Waals surface area contributed by atoms with Crippen LogP contribution in [0.4, 0.5) is 8.78 Å². The first kappa shape index (κ1) is 17.1. The summed E-state index contributed by atoms with van der Waals surface area (Å²) in [6.45, 7) is 6.26. The number of aromatic nitrogens is 2. The van der Waals surface area contributed by atoms with E-state index in [9.17, 15) is 18.4 Å². The second-order valence-electron chi connectivity index (χ2n) is 5.21. The summed E-state index contributed by atoms with van der Waals surface area (Å²) in [6, 6.07) is -1.62. The SMILES string of the molecule is Cc1c(C(=O)NC(CC(F)F)C(=O)O)cnn1CC(C)C. The van der Waals surface area contributed by atoms with Gasteiger partial charge in [0.15, 0.2) is 0 Å². The third kappa shape index (κ3) is 4.80. The number of halogens is 2. The monoisotopic (exact) mass is 303 g/mol. The van der Waals surface area contributed by atoms with E-state index in [1.807, 2.05) is 13.8 Å². The van der Waals surface area contributed by atoms with Crippen LogP contribution in [0.2, 0.25) is 0 Å². The highest BCUT2D eigenvalue weighted by Gasteiger charge is 2.26. The summed E-state index contributed by atoms with van der Waals surface area (Å²) in [6.07, 6.45) is -2.43. The number of nitrogens with one attached hydrogen (secondary N) is 1. The molecule has 0 aliphatic rings. The van der Waals surface area contributed by atoms with Crippen molar-refractivity contribution in [1.29, 1.82) is 0 Å². The molecule has 0 aliphatic heterocycles. The van der Waals surface area contributed by atoms with Gasteiger partial charge < -0.3 is 10.4 Å². The van der Waals surface area contributed by atoms with Crippen molar-refractivity contribution in [2.45, 2.75) is 46.2 Å². The lowest BCUT2D eigenvalue weighted by molar-refractivity contribution is -0.140. The van der Waals surface area contributed by atoms with E-state index < -0.39 is 30.8 Å². The lowest BCUT2D eigenvalue weighted by Gasteiger charge is -2.14. The van der Waals surface area contributed by atoms with E-state index >= 15 is 0 Å². The minimum atomic E-state index is -2.81. The second-order valence-corrected chi connectivity index (χ2v) is 5.21. The summed E-state index contributed by atoms with van der Waals surface area (Å²) in [5.41, 5.74) is 0.763. The normalized spacial score (nSPS) is 12.7. The molecular weight excluding hydrogens is 284 g/mol. The third-order valence-corrected chi connectivity index (χ3v) is 2.90. The van der Waals surface area contributed by atoms with Crippen LogP contribution >= 0.6 is 0 Å². The number of hydrogen-bond acceptors (Lipinski definition) is 3. The van der Waals surface area contributed by atoms with Crippen LogP contribution in [0.3, 0.4) is 0 Å². The third-order valence-electron chi connectivity index (χ3n) is 2.90. The molecule has 21 heavy (non-hydrogen) atoms. The Balaban J connectivity index is 2.83. The van der Waals surface area contributed by atoms with Crippen molar-refractivity contribution < 1.29 is 23.5 Å². The van der Waals surface area contributed by atoms with Crippen LogP contribution in [-0.4, -0.2) is 39.2 Å². The molecule has 6 nitrogen and oxygen atoms in total. The summed E-state index contributed by atoms with van der Waals surface area (Å²) in [5.74, 6) is -1.88. The molecule has 0 radical (unpaired) electrons. The molecule has 0 fully saturated rings. The highest BCUT2D eigenvalue weighted by atomic mass is 19.3. The molecule has 118 valence electrons.